The molecule has 1 fully saturated rings. The molecule has 3 heterocycles. The summed E-state index contributed by atoms with van der Waals surface area (Å²) in [7, 11) is 0. The lowest BCUT2D eigenvalue weighted by atomic mass is 9.99. The Hall–Kier alpha value is -2.58. The molecule has 2 aliphatic rings. The predicted molar refractivity (Wildman–Crippen MR) is 91.6 cm³/mol. The number of benzene rings is 1. The van der Waals surface area contributed by atoms with Crippen molar-refractivity contribution in [1.29, 1.82) is 0 Å². The zero-order valence-electron chi connectivity index (χ0n) is 13.7. The van der Waals surface area contributed by atoms with E-state index in [2.05, 4.69) is 15.7 Å². The number of carbonyl (C=O) groups excluding carboxylic acids is 1. The molecule has 1 aromatic heterocycles. The van der Waals surface area contributed by atoms with Crippen LogP contribution in [0.15, 0.2) is 29.1 Å². The molecular weight excluding hydrogens is 324 g/mol. The maximum atomic E-state index is 12.1. The van der Waals surface area contributed by atoms with Crippen LogP contribution in [0.3, 0.4) is 0 Å². The van der Waals surface area contributed by atoms with Crippen LogP contribution < -0.4 is 21.0 Å². The van der Waals surface area contributed by atoms with E-state index in [-0.39, 0.29) is 11.7 Å². The second kappa shape index (κ2) is 6.73. The number of fused-ring (bicyclic) bond motifs is 3. The number of hydrogen-bond acceptors (Lipinski definition) is 6. The molecule has 8 heteroatoms. The highest BCUT2D eigenvalue weighted by Crippen LogP contribution is 2.31. The van der Waals surface area contributed by atoms with E-state index in [1.54, 1.807) is 6.07 Å². The van der Waals surface area contributed by atoms with Crippen LogP contribution in [0.2, 0.25) is 0 Å². The van der Waals surface area contributed by atoms with Gasteiger partial charge in [-0.05, 0) is 18.2 Å². The Morgan fingerprint density at radius 2 is 2.08 bits per heavy atom. The van der Waals surface area contributed by atoms with Crippen LogP contribution in [0, 0.1) is 0 Å². The van der Waals surface area contributed by atoms with Gasteiger partial charge in [0.25, 0.3) is 0 Å². The van der Waals surface area contributed by atoms with Crippen molar-refractivity contribution in [2.24, 2.45) is 0 Å². The maximum Gasteiger partial charge on any atom is 0.422 e. The predicted octanol–water partition coefficient (Wildman–Crippen LogP) is 0.378. The molecule has 1 atom stereocenters. The molecule has 2 aromatic rings. The van der Waals surface area contributed by atoms with Gasteiger partial charge < -0.3 is 19.8 Å². The van der Waals surface area contributed by atoms with Gasteiger partial charge in [-0.25, -0.2) is 9.80 Å². The number of piperazine rings is 1. The van der Waals surface area contributed by atoms with E-state index in [0.29, 0.717) is 13.0 Å². The van der Waals surface area contributed by atoms with Gasteiger partial charge in [0, 0.05) is 55.1 Å². The Labute approximate surface area is 144 Å². The standard InChI is InChI=1S/C17H20N4O4/c22-16-4-1-12-13-9-11(10-24-15(13)3-2-14(12)19-16)25-17(23)20-21-7-5-18-6-8-21/h1-4,11,18H,5-10H2,(H,19,22)(H,20,23). The lowest BCUT2D eigenvalue weighted by Gasteiger charge is -2.29. The molecule has 0 radical (unpaired) electrons. The number of hydrogen-bond donors (Lipinski definition) is 3. The van der Waals surface area contributed by atoms with Crippen LogP contribution in [0.4, 0.5) is 4.79 Å². The molecule has 2 aliphatic heterocycles. The molecule has 3 N–H and O–H groups in total. The van der Waals surface area contributed by atoms with Gasteiger partial charge in [0.15, 0.2) is 0 Å². The molecule has 0 bridgehead atoms. The number of pyridine rings is 1. The van der Waals surface area contributed by atoms with Gasteiger partial charge in [-0.3, -0.25) is 10.2 Å². The van der Waals surface area contributed by atoms with Gasteiger partial charge in [0.2, 0.25) is 5.56 Å². The fraction of sp³-hybridized carbons (Fsp3) is 0.412. The Morgan fingerprint density at radius 3 is 2.92 bits per heavy atom. The lowest BCUT2D eigenvalue weighted by molar-refractivity contribution is 0.0370. The van der Waals surface area contributed by atoms with E-state index < -0.39 is 6.09 Å². The van der Waals surface area contributed by atoms with E-state index >= 15 is 0 Å². The minimum Gasteiger partial charge on any atom is -0.489 e. The first-order chi connectivity index (χ1) is 12.2. The quantitative estimate of drug-likeness (QED) is 0.729. The van der Waals surface area contributed by atoms with Gasteiger partial charge in [-0.15, -0.1) is 0 Å². The number of aromatic nitrogens is 1. The zero-order valence-corrected chi connectivity index (χ0v) is 13.7. The van der Waals surface area contributed by atoms with E-state index in [1.165, 1.54) is 6.07 Å². The fourth-order valence-corrected chi connectivity index (χ4v) is 3.25. The van der Waals surface area contributed by atoms with Crippen LogP contribution in [0.25, 0.3) is 10.9 Å². The summed E-state index contributed by atoms with van der Waals surface area (Å²) in [5, 5.41) is 5.98. The van der Waals surface area contributed by atoms with E-state index in [0.717, 1.165) is 48.4 Å². The average Bonchev–Trinajstić information content (AvgIpc) is 2.62. The Morgan fingerprint density at radius 1 is 1.24 bits per heavy atom. The van der Waals surface area contributed by atoms with Crippen LogP contribution in [-0.4, -0.2) is 55.0 Å². The first-order valence-corrected chi connectivity index (χ1v) is 8.40. The lowest BCUT2D eigenvalue weighted by Crippen LogP contribution is -2.53. The number of nitrogens with one attached hydrogen (secondary N) is 3. The molecular formula is C17H20N4O4. The summed E-state index contributed by atoms with van der Waals surface area (Å²) < 4.78 is 11.3. The molecule has 25 heavy (non-hydrogen) atoms. The zero-order chi connectivity index (χ0) is 17.2. The van der Waals surface area contributed by atoms with Crippen molar-refractivity contribution in [2.75, 3.05) is 32.8 Å². The SMILES string of the molecule is O=C(NN1CCNCC1)OC1COc2ccc3[nH]c(=O)ccc3c2C1. The third-order valence-electron chi connectivity index (χ3n) is 4.47. The van der Waals surface area contributed by atoms with E-state index in [4.69, 9.17) is 9.47 Å². The summed E-state index contributed by atoms with van der Waals surface area (Å²) in [5.74, 6) is 0.766. The van der Waals surface area contributed by atoms with Crippen LogP contribution in [0.1, 0.15) is 5.56 Å². The summed E-state index contributed by atoms with van der Waals surface area (Å²) in [5.41, 5.74) is 4.31. The normalized spacial score (nSPS) is 20.6. The molecule has 1 aromatic carbocycles. The number of nitrogens with zero attached hydrogens (tertiary/aromatic N) is 1. The summed E-state index contributed by atoms with van der Waals surface area (Å²) >= 11 is 0. The highest BCUT2D eigenvalue weighted by atomic mass is 16.6. The number of carbonyl (C=O) groups is 1. The average molecular weight is 344 g/mol. The molecule has 1 amide bonds. The molecule has 0 aliphatic carbocycles. The van der Waals surface area contributed by atoms with Gasteiger partial charge in [-0.2, -0.15) is 0 Å². The van der Waals surface area contributed by atoms with Crippen molar-refractivity contribution in [2.45, 2.75) is 12.5 Å². The van der Waals surface area contributed by atoms with Crippen LogP contribution >= 0.6 is 0 Å². The second-order valence-electron chi connectivity index (χ2n) is 6.22. The first-order valence-electron chi connectivity index (χ1n) is 8.40. The number of H-pyrrole nitrogens is 1. The smallest absolute Gasteiger partial charge is 0.422 e. The van der Waals surface area contributed by atoms with Gasteiger partial charge >= 0.3 is 6.09 Å². The summed E-state index contributed by atoms with van der Waals surface area (Å²) in [6, 6.07) is 6.93. The van der Waals surface area contributed by atoms with Crippen molar-refractivity contribution >= 4 is 17.0 Å². The van der Waals surface area contributed by atoms with Gasteiger partial charge in [-0.1, -0.05) is 0 Å². The topological polar surface area (TPSA) is 95.7 Å². The van der Waals surface area contributed by atoms with Crippen LogP contribution in [-0.2, 0) is 11.2 Å². The molecule has 132 valence electrons. The molecule has 0 spiro atoms. The van der Waals surface area contributed by atoms with E-state index in [1.807, 2.05) is 17.1 Å². The monoisotopic (exact) mass is 344 g/mol. The summed E-state index contributed by atoms with van der Waals surface area (Å²) in [6.45, 7) is 3.49. The van der Waals surface area contributed by atoms with E-state index in [9.17, 15) is 9.59 Å². The largest absolute Gasteiger partial charge is 0.489 e. The molecule has 1 unspecified atom stereocenters. The Balaban J connectivity index is 1.46. The fourth-order valence-electron chi connectivity index (χ4n) is 3.25. The van der Waals surface area contributed by atoms with Crippen molar-refractivity contribution in [3.8, 4) is 5.75 Å². The second-order valence-corrected chi connectivity index (χ2v) is 6.22. The Kier molecular flexibility index (Phi) is 4.29. The first kappa shape index (κ1) is 15.9. The van der Waals surface area contributed by atoms with Gasteiger partial charge in [0.05, 0.1) is 0 Å². The number of ether oxygens (including phenoxy) is 2. The van der Waals surface area contributed by atoms with Crippen molar-refractivity contribution in [1.82, 2.24) is 20.7 Å². The highest BCUT2D eigenvalue weighted by Gasteiger charge is 2.25. The van der Waals surface area contributed by atoms with Crippen molar-refractivity contribution in [3.05, 3.63) is 40.2 Å². The van der Waals surface area contributed by atoms with Crippen molar-refractivity contribution in [3.63, 3.8) is 0 Å². The number of hydrazine groups is 1. The molecule has 8 nitrogen and oxygen atoms in total. The minimum absolute atomic E-state index is 0.146. The highest BCUT2D eigenvalue weighted by molar-refractivity contribution is 5.84. The van der Waals surface area contributed by atoms with Crippen molar-refractivity contribution < 1.29 is 14.3 Å². The third-order valence-corrected chi connectivity index (χ3v) is 4.47. The minimum atomic E-state index is -0.465. The summed E-state index contributed by atoms with van der Waals surface area (Å²) in [4.78, 5) is 26.4. The number of amides is 1. The third kappa shape index (κ3) is 3.45. The maximum absolute atomic E-state index is 12.1. The van der Waals surface area contributed by atoms with Gasteiger partial charge in [0.1, 0.15) is 18.5 Å². The molecule has 0 saturated carbocycles. The number of aromatic amines is 1. The Bertz CT molecular complexity index is 844. The number of rotatable bonds is 2. The summed E-state index contributed by atoms with van der Waals surface area (Å²) in [6.07, 6.45) is -0.284. The molecule has 1 saturated heterocycles. The van der Waals surface area contributed by atoms with Crippen LogP contribution in [0.5, 0.6) is 5.75 Å². The molecule has 4 rings (SSSR count).